The second kappa shape index (κ2) is 8.77. The van der Waals surface area contributed by atoms with E-state index in [0.29, 0.717) is 17.5 Å². The van der Waals surface area contributed by atoms with Crippen molar-refractivity contribution in [2.24, 2.45) is 0 Å². The van der Waals surface area contributed by atoms with Crippen molar-refractivity contribution in [1.29, 1.82) is 10.7 Å². The van der Waals surface area contributed by atoms with Crippen molar-refractivity contribution in [3.8, 4) is 6.07 Å². The Hall–Kier alpha value is -2.26. The Balaban J connectivity index is 0.000000511. The lowest BCUT2D eigenvalue weighted by atomic mass is 10.1. The van der Waals surface area contributed by atoms with E-state index in [1.165, 1.54) is 12.4 Å². The van der Waals surface area contributed by atoms with Gasteiger partial charge in [-0.3, -0.25) is 10.4 Å². The number of hydrogen-bond acceptors (Lipinski definition) is 6. The molecule has 0 spiro atoms. The fourth-order valence-corrected chi connectivity index (χ4v) is 0.965. The lowest BCUT2D eigenvalue weighted by Gasteiger charge is -2.14. The van der Waals surface area contributed by atoms with E-state index >= 15 is 0 Å². The number of nitrogens with one attached hydrogen (secondary N) is 2. The number of anilines is 1. The molecule has 1 aromatic heterocycles. The molecule has 1 heterocycles. The first kappa shape index (κ1) is 17.7. The molecule has 0 saturated carbocycles. The Labute approximate surface area is 119 Å². The van der Waals surface area contributed by atoms with Crippen molar-refractivity contribution < 1.29 is 9.53 Å². The number of nitrogens with zero attached hydrogens (tertiary/aromatic N) is 2. The van der Waals surface area contributed by atoms with Crippen LogP contribution in [-0.4, -0.2) is 36.2 Å². The monoisotopic (exact) mass is 276 g/mol. The molecule has 0 aliphatic heterocycles. The predicted molar refractivity (Wildman–Crippen MR) is 78.0 cm³/mol. The molecule has 6 nitrogen and oxygen atoms in total. The summed E-state index contributed by atoms with van der Waals surface area (Å²) < 4.78 is 4.94. The van der Waals surface area contributed by atoms with E-state index < -0.39 is 0 Å². The van der Waals surface area contributed by atoms with Gasteiger partial charge in [-0.05, 0) is 26.8 Å². The number of rotatable bonds is 4. The van der Waals surface area contributed by atoms with Gasteiger partial charge in [0.15, 0.2) is 0 Å². The summed E-state index contributed by atoms with van der Waals surface area (Å²) in [4.78, 5) is 14.0. The van der Waals surface area contributed by atoms with Crippen LogP contribution in [0.1, 0.15) is 26.3 Å². The Kier molecular flexibility index (Phi) is 7.78. The van der Waals surface area contributed by atoms with E-state index in [0.717, 1.165) is 0 Å². The quantitative estimate of drug-likeness (QED) is 0.647. The molecule has 2 N–H and O–H groups in total. The SMILES string of the molecule is COC(C)(C)C.N#CC(=N)c1ccncc1NCC=O. The molecule has 0 aliphatic rings. The van der Waals surface area contributed by atoms with Gasteiger partial charge in [-0.15, -0.1) is 0 Å². The molecule has 1 aromatic rings. The normalized spacial score (nSPS) is 9.75. The first-order chi connectivity index (χ1) is 9.35. The van der Waals surface area contributed by atoms with Gasteiger partial charge in [0.1, 0.15) is 18.1 Å². The van der Waals surface area contributed by atoms with E-state index in [1.807, 2.05) is 20.8 Å². The first-order valence-electron chi connectivity index (χ1n) is 6.01. The highest BCUT2D eigenvalue weighted by Gasteiger charge is 2.06. The highest BCUT2D eigenvalue weighted by Crippen LogP contribution is 2.12. The van der Waals surface area contributed by atoms with Gasteiger partial charge < -0.3 is 14.8 Å². The summed E-state index contributed by atoms with van der Waals surface area (Å²) in [6, 6.07) is 3.28. The van der Waals surface area contributed by atoms with Gasteiger partial charge in [0.2, 0.25) is 0 Å². The minimum Gasteiger partial charge on any atom is -0.379 e. The minimum atomic E-state index is -0.152. The van der Waals surface area contributed by atoms with Crippen LogP contribution in [0.2, 0.25) is 0 Å². The number of hydrogen-bond donors (Lipinski definition) is 2. The fourth-order valence-electron chi connectivity index (χ4n) is 0.965. The average molecular weight is 276 g/mol. The summed E-state index contributed by atoms with van der Waals surface area (Å²) in [5, 5.41) is 18.6. The molecule has 6 heteroatoms. The topological polar surface area (TPSA) is 98.9 Å². The van der Waals surface area contributed by atoms with E-state index in [1.54, 1.807) is 19.2 Å². The van der Waals surface area contributed by atoms with Gasteiger partial charge in [-0.25, -0.2) is 0 Å². The molecule has 1 rings (SSSR count). The lowest BCUT2D eigenvalue weighted by molar-refractivity contribution is -0.106. The number of carbonyl (C=O) groups excluding carboxylic acids is 1. The average Bonchev–Trinajstić information content (AvgIpc) is 2.44. The molecule has 108 valence electrons. The molecule has 0 saturated heterocycles. The van der Waals surface area contributed by atoms with Crippen LogP contribution in [0, 0.1) is 16.7 Å². The zero-order chi connectivity index (χ0) is 15.6. The third kappa shape index (κ3) is 7.24. The zero-order valence-electron chi connectivity index (χ0n) is 12.2. The maximum Gasteiger partial charge on any atom is 0.141 e. The first-order valence-corrected chi connectivity index (χ1v) is 6.01. The van der Waals surface area contributed by atoms with Crippen LogP contribution >= 0.6 is 0 Å². The number of aldehydes is 1. The van der Waals surface area contributed by atoms with Crippen LogP contribution in [0.25, 0.3) is 0 Å². The van der Waals surface area contributed by atoms with Gasteiger partial charge in [0.25, 0.3) is 0 Å². The number of aromatic nitrogens is 1. The summed E-state index contributed by atoms with van der Waals surface area (Å²) in [5.41, 5.74) is 0.858. The minimum absolute atomic E-state index is 0.0417. The molecule has 0 radical (unpaired) electrons. The van der Waals surface area contributed by atoms with Crippen molar-refractivity contribution in [2.45, 2.75) is 26.4 Å². The van der Waals surface area contributed by atoms with Crippen molar-refractivity contribution in [3.05, 3.63) is 24.0 Å². The number of methoxy groups -OCH3 is 1. The van der Waals surface area contributed by atoms with Gasteiger partial charge in [0, 0.05) is 18.9 Å². The van der Waals surface area contributed by atoms with Crippen molar-refractivity contribution >= 4 is 17.7 Å². The molecule has 0 bridgehead atoms. The van der Waals surface area contributed by atoms with Gasteiger partial charge in [-0.2, -0.15) is 5.26 Å². The van der Waals surface area contributed by atoms with E-state index in [2.05, 4.69) is 10.3 Å². The zero-order valence-corrected chi connectivity index (χ0v) is 12.2. The molecule has 0 fully saturated rings. The van der Waals surface area contributed by atoms with Crippen molar-refractivity contribution in [2.75, 3.05) is 19.0 Å². The Morgan fingerprint density at radius 2 is 2.20 bits per heavy atom. The molecule has 20 heavy (non-hydrogen) atoms. The van der Waals surface area contributed by atoms with Crippen LogP contribution in [0.15, 0.2) is 18.5 Å². The maximum absolute atomic E-state index is 10.1. The molecule has 0 aliphatic carbocycles. The summed E-state index contributed by atoms with van der Waals surface area (Å²) in [7, 11) is 1.71. The van der Waals surface area contributed by atoms with Gasteiger partial charge in [-0.1, -0.05) is 0 Å². The van der Waals surface area contributed by atoms with Crippen molar-refractivity contribution in [3.63, 3.8) is 0 Å². The van der Waals surface area contributed by atoms with Crippen LogP contribution < -0.4 is 5.32 Å². The van der Waals surface area contributed by atoms with Crippen LogP contribution in [0.3, 0.4) is 0 Å². The molecular formula is C14H20N4O2. The van der Waals surface area contributed by atoms with Crippen LogP contribution in [0.5, 0.6) is 0 Å². The molecule has 0 unspecified atom stereocenters. The second-order valence-electron chi connectivity index (χ2n) is 4.77. The number of pyridine rings is 1. The number of ether oxygens (including phenoxy) is 1. The highest BCUT2D eigenvalue weighted by molar-refractivity contribution is 6.12. The Morgan fingerprint density at radius 1 is 1.60 bits per heavy atom. The standard InChI is InChI=1S/C9H8N4O.C5H12O/c10-5-8(11)7-1-2-12-6-9(7)13-3-4-14;1-5(2,3)6-4/h1-2,4,6,11,13H,3H2;1-4H3. The van der Waals surface area contributed by atoms with Gasteiger partial charge in [0.05, 0.1) is 24.0 Å². The molecule has 0 atom stereocenters. The lowest BCUT2D eigenvalue weighted by Crippen LogP contribution is -2.15. The summed E-state index contributed by atoms with van der Waals surface area (Å²) in [6.45, 7) is 6.20. The van der Waals surface area contributed by atoms with Gasteiger partial charge >= 0.3 is 0 Å². The number of nitriles is 1. The Bertz CT molecular complexity index is 487. The number of carbonyl (C=O) groups is 1. The second-order valence-corrected chi connectivity index (χ2v) is 4.77. The maximum atomic E-state index is 10.1. The van der Waals surface area contributed by atoms with Crippen LogP contribution in [-0.2, 0) is 9.53 Å². The molecule has 0 aromatic carbocycles. The summed E-state index contributed by atoms with van der Waals surface area (Å²) in [6.07, 6.45) is 3.67. The van der Waals surface area contributed by atoms with E-state index in [-0.39, 0.29) is 17.9 Å². The fraction of sp³-hybridized carbons (Fsp3) is 0.429. The van der Waals surface area contributed by atoms with E-state index in [4.69, 9.17) is 15.4 Å². The highest BCUT2D eigenvalue weighted by atomic mass is 16.5. The smallest absolute Gasteiger partial charge is 0.141 e. The van der Waals surface area contributed by atoms with Crippen molar-refractivity contribution in [1.82, 2.24) is 4.98 Å². The van der Waals surface area contributed by atoms with Crippen LogP contribution in [0.4, 0.5) is 5.69 Å². The third-order valence-electron chi connectivity index (χ3n) is 2.19. The molecule has 0 amide bonds. The predicted octanol–water partition coefficient (Wildman–Crippen LogP) is 2.02. The Morgan fingerprint density at radius 3 is 2.65 bits per heavy atom. The summed E-state index contributed by atoms with van der Waals surface area (Å²) in [5.74, 6) is 0. The van der Waals surface area contributed by atoms with E-state index in [9.17, 15) is 4.79 Å². The largest absolute Gasteiger partial charge is 0.379 e. The third-order valence-corrected chi connectivity index (χ3v) is 2.19. The summed E-state index contributed by atoms with van der Waals surface area (Å²) >= 11 is 0. The molecular weight excluding hydrogens is 256 g/mol.